The average molecular weight is 268 g/mol. The van der Waals surface area contributed by atoms with Crippen LogP contribution in [0.1, 0.15) is 25.4 Å². The lowest BCUT2D eigenvalue weighted by molar-refractivity contribution is 0.0716. The molecule has 0 saturated heterocycles. The van der Waals surface area contributed by atoms with E-state index in [4.69, 9.17) is 15.3 Å². The molecule has 0 fully saturated rings. The Morgan fingerprint density at radius 2 is 2.05 bits per heavy atom. The summed E-state index contributed by atoms with van der Waals surface area (Å²) in [7, 11) is 1.65. The van der Waals surface area contributed by atoms with Gasteiger partial charge in [-0.3, -0.25) is 0 Å². The van der Waals surface area contributed by atoms with Crippen molar-refractivity contribution < 1.29 is 9.47 Å². The van der Waals surface area contributed by atoms with Crippen LogP contribution < -0.4 is 11.3 Å². The number of ether oxygens (including phenoxy) is 2. The van der Waals surface area contributed by atoms with Crippen LogP contribution in [-0.2, 0) is 22.3 Å². The van der Waals surface area contributed by atoms with Crippen molar-refractivity contribution in [2.24, 2.45) is 11.8 Å². The maximum Gasteiger partial charge on any atom is 0.143 e. The van der Waals surface area contributed by atoms with Crippen molar-refractivity contribution >= 4 is 5.82 Å². The Hall–Kier alpha value is -1.24. The highest BCUT2D eigenvalue weighted by molar-refractivity contribution is 5.34. The van der Waals surface area contributed by atoms with Gasteiger partial charge in [0.2, 0.25) is 0 Å². The summed E-state index contributed by atoms with van der Waals surface area (Å²) >= 11 is 0. The van der Waals surface area contributed by atoms with Gasteiger partial charge in [-0.2, -0.15) is 0 Å². The zero-order chi connectivity index (χ0) is 14.1. The van der Waals surface area contributed by atoms with E-state index in [1.54, 1.807) is 7.11 Å². The standard InChI is InChI=1S/C13H24N4O2/c1-10(2)8-11-9-13(17-14)16-12(15-11)4-5-19-7-6-18-3/h9-10H,4-8,14H2,1-3H3,(H,15,16,17). The molecule has 6 heteroatoms. The highest BCUT2D eigenvalue weighted by atomic mass is 16.5. The molecule has 1 heterocycles. The molecular weight excluding hydrogens is 244 g/mol. The van der Waals surface area contributed by atoms with E-state index in [1.165, 1.54) is 0 Å². The molecule has 6 nitrogen and oxygen atoms in total. The van der Waals surface area contributed by atoms with Crippen LogP contribution >= 0.6 is 0 Å². The highest BCUT2D eigenvalue weighted by Gasteiger charge is 2.06. The number of nitrogen functional groups attached to an aromatic ring is 1. The van der Waals surface area contributed by atoms with Gasteiger partial charge in [0.1, 0.15) is 11.6 Å². The van der Waals surface area contributed by atoms with E-state index in [-0.39, 0.29) is 0 Å². The van der Waals surface area contributed by atoms with Crippen molar-refractivity contribution in [3.63, 3.8) is 0 Å². The second-order valence-corrected chi connectivity index (χ2v) is 4.76. The third-order valence-electron chi connectivity index (χ3n) is 2.49. The smallest absolute Gasteiger partial charge is 0.143 e. The van der Waals surface area contributed by atoms with E-state index < -0.39 is 0 Å². The van der Waals surface area contributed by atoms with Crippen molar-refractivity contribution in [2.75, 3.05) is 32.4 Å². The molecule has 0 radical (unpaired) electrons. The van der Waals surface area contributed by atoms with Crippen molar-refractivity contribution in [1.29, 1.82) is 0 Å². The number of aromatic nitrogens is 2. The summed E-state index contributed by atoms with van der Waals surface area (Å²) in [6.45, 7) is 6.09. The average Bonchev–Trinajstić information content (AvgIpc) is 2.37. The van der Waals surface area contributed by atoms with E-state index in [0.29, 0.717) is 38.0 Å². The van der Waals surface area contributed by atoms with E-state index in [1.807, 2.05) is 6.07 Å². The summed E-state index contributed by atoms with van der Waals surface area (Å²) < 4.78 is 10.3. The third kappa shape index (κ3) is 6.47. The lowest BCUT2D eigenvalue weighted by atomic mass is 10.1. The highest BCUT2D eigenvalue weighted by Crippen LogP contribution is 2.10. The molecule has 1 aromatic heterocycles. The lowest BCUT2D eigenvalue weighted by Crippen LogP contribution is -2.14. The monoisotopic (exact) mass is 268 g/mol. The molecule has 0 aliphatic heterocycles. The number of nitrogens with two attached hydrogens (primary N) is 1. The van der Waals surface area contributed by atoms with Crippen molar-refractivity contribution in [3.8, 4) is 0 Å². The van der Waals surface area contributed by atoms with Gasteiger partial charge in [0.05, 0.1) is 19.8 Å². The Bertz CT molecular complexity index is 372. The summed E-state index contributed by atoms with van der Waals surface area (Å²) in [5, 5.41) is 0. The zero-order valence-electron chi connectivity index (χ0n) is 12.0. The molecule has 0 bridgehead atoms. The Balaban J connectivity index is 2.55. The fourth-order valence-corrected chi connectivity index (χ4v) is 1.67. The summed E-state index contributed by atoms with van der Waals surface area (Å²) in [5.41, 5.74) is 3.58. The first-order chi connectivity index (χ1) is 9.15. The largest absolute Gasteiger partial charge is 0.382 e. The summed E-state index contributed by atoms with van der Waals surface area (Å²) in [6.07, 6.45) is 1.58. The minimum absolute atomic E-state index is 0.548. The lowest BCUT2D eigenvalue weighted by Gasteiger charge is -2.09. The first-order valence-electron chi connectivity index (χ1n) is 6.55. The van der Waals surface area contributed by atoms with Gasteiger partial charge in [0.15, 0.2) is 0 Å². The minimum Gasteiger partial charge on any atom is -0.382 e. The number of rotatable bonds is 9. The van der Waals surface area contributed by atoms with Crippen molar-refractivity contribution in [1.82, 2.24) is 9.97 Å². The molecule has 3 N–H and O–H groups in total. The Morgan fingerprint density at radius 3 is 2.68 bits per heavy atom. The molecule has 0 unspecified atom stereocenters. The van der Waals surface area contributed by atoms with Crippen LogP contribution in [0.5, 0.6) is 0 Å². The molecule has 0 atom stereocenters. The van der Waals surface area contributed by atoms with E-state index in [0.717, 1.165) is 17.9 Å². The normalized spacial score (nSPS) is 11.0. The first-order valence-corrected chi connectivity index (χ1v) is 6.55. The molecule has 0 aliphatic rings. The number of hydrogen-bond donors (Lipinski definition) is 2. The van der Waals surface area contributed by atoms with Crippen LogP contribution in [0.4, 0.5) is 5.82 Å². The number of nitrogens with one attached hydrogen (secondary N) is 1. The molecule has 1 rings (SSSR count). The number of nitrogens with zero attached hydrogens (tertiary/aromatic N) is 2. The fraction of sp³-hybridized carbons (Fsp3) is 0.692. The zero-order valence-corrected chi connectivity index (χ0v) is 12.0. The van der Waals surface area contributed by atoms with Gasteiger partial charge in [-0.05, 0) is 12.3 Å². The summed E-state index contributed by atoms with van der Waals surface area (Å²) in [5.74, 6) is 7.38. The van der Waals surface area contributed by atoms with Crippen LogP contribution in [0.2, 0.25) is 0 Å². The van der Waals surface area contributed by atoms with Gasteiger partial charge in [0.25, 0.3) is 0 Å². The van der Waals surface area contributed by atoms with Gasteiger partial charge in [-0.1, -0.05) is 13.8 Å². The van der Waals surface area contributed by atoms with Gasteiger partial charge in [-0.15, -0.1) is 0 Å². The molecule has 0 aliphatic carbocycles. The van der Waals surface area contributed by atoms with E-state index >= 15 is 0 Å². The van der Waals surface area contributed by atoms with Crippen LogP contribution in [0, 0.1) is 5.92 Å². The van der Waals surface area contributed by atoms with Crippen LogP contribution in [0.15, 0.2) is 6.07 Å². The number of anilines is 1. The Kier molecular flexibility index (Phi) is 7.32. The topological polar surface area (TPSA) is 82.3 Å². The van der Waals surface area contributed by atoms with Gasteiger partial charge in [-0.25, -0.2) is 15.8 Å². The quantitative estimate of drug-likeness (QED) is 0.397. The minimum atomic E-state index is 0.548. The Morgan fingerprint density at radius 1 is 1.26 bits per heavy atom. The van der Waals surface area contributed by atoms with Crippen LogP contribution in [0.25, 0.3) is 0 Å². The molecule has 108 valence electrons. The maximum atomic E-state index is 5.42. The first kappa shape index (κ1) is 15.8. The second kappa shape index (κ2) is 8.79. The maximum absolute atomic E-state index is 5.42. The van der Waals surface area contributed by atoms with E-state index in [2.05, 4.69) is 29.2 Å². The van der Waals surface area contributed by atoms with Crippen LogP contribution in [-0.4, -0.2) is 36.9 Å². The molecule has 0 amide bonds. The molecule has 0 saturated carbocycles. The van der Waals surface area contributed by atoms with Crippen molar-refractivity contribution in [3.05, 3.63) is 17.6 Å². The SMILES string of the molecule is COCCOCCc1nc(CC(C)C)cc(NN)n1. The van der Waals surface area contributed by atoms with E-state index in [9.17, 15) is 0 Å². The second-order valence-electron chi connectivity index (χ2n) is 4.76. The number of hydrogen-bond acceptors (Lipinski definition) is 6. The predicted molar refractivity (Wildman–Crippen MR) is 74.8 cm³/mol. The Labute approximate surface area is 114 Å². The molecule has 0 spiro atoms. The molecular formula is C13H24N4O2. The van der Waals surface area contributed by atoms with Crippen molar-refractivity contribution in [2.45, 2.75) is 26.7 Å². The summed E-state index contributed by atoms with van der Waals surface area (Å²) in [6, 6.07) is 1.88. The van der Waals surface area contributed by atoms with Gasteiger partial charge >= 0.3 is 0 Å². The number of methoxy groups -OCH3 is 1. The summed E-state index contributed by atoms with van der Waals surface area (Å²) in [4.78, 5) is 8.84. The molecule has 1 aromatic rings. The fourth-order valence-electron chi connectivity index (χ4n) is 1.67. The molecule has 19 heavy (non-hydrogen) atoms. The third-order valence-corrected chi connectivity index (χ3v) is 2.49. The van der Waals surface area contributed by atoms with Crippen LogP contribution in [0.3, 0.4) is 0 Å². The van der Waals surface area contributed by atoms with Gasteiger partial charge < -0.3 is 14.9 Å². The molecule has 0 aromatic carbocycles. The predicted octanol–water partition coefficient (Wildman–Crippen LogP) is 1.17. The number of hydrazine groups is 1. The van der Waals surface area contributed by atoms with Gasteiger partial charge in [0, 0.05) is 25.3 Å².